The van der Waals surface area contributed by atoms with Crippen LogP contribution < -0.4 is 10.5 Å². The molecule has 0 amide bonds. The third kappa shape index (κ3) is 6.55. The van der Waals surface area contributed by atoms with Gasteiger partial charge in [-0.05, 0) is 18.1 Å². The maximum absolute atomic E-state index is 11.8. The second-order valence-corrected chi connectivity index (χ2v) is 8.40. The molecule has 8 heteroatoms. The molecule has 1 rings (SSSR count). The number of sulfone groups is 1. The van der Waals surface area contributed by atoms with Gasteiger partial charge in [0.2, 0.25) is 10.0 Å². The summed E-state index contributed by atoms with van der Waals surface area (Å²) in [5, 5.41) is 0. The van der Waals surface area contributed by atoms with Crippen molar-refractivity contribution in [1.29, 1.82) is 0 Å². The minimum Gasteiger partial charge on any atom is -0.398 e. The van der Waals surface area contributed by atoms with E-state index in [0.29, 0.717) is 11.3 Å². The Balaban J connectivity index is 2.52. The Morgan fingerprint density at radius 2 is 1.79 bits per heavy atom. The van der Waals surface area contributed by atoms with Crippen LogP contribution in [0.5, 0.6) is 0 Å². The Labute approximate surface area is 114 Å². The molecule has 0 atom stereocenters. The Hall–Kier alpha value is -1.12. The first-order chi connectivity index (χ1) is 8.70. The molecule has 19 heavy (non-hydrogen) atoms. The third-order valence-electron chi connectivity index (χ3n) is 2.41. The van der Waals surface area contributed by atoms with Crippen LogP contribution in [0, 0.1) is 0 Å². The Morgan fingerprint density at radius 1 is 1.16 bits per heavy atom. The molecule has 0 aliphatic carbocycles. The van der Waals surface area contributed by atoms with E-state index in [2.05, 4.69) is 4.72 Å². The van der Waals surface area contributed by atoms with Crippen LogP contribution in [-0.4, -0.2) is 35.4 Å². The van der Waals surface area contributed by atoms with E-state index in [1.165, 1.54) is 0 Å². The van der Waals surface area contributed by atoms with Crippen LogP contribution >= 0.6 is 0 Å². The van der Waals surface area contributed by atoms with Crippen molar-refractivity contribution < 1.29 is 16.8 Å². The first-order valence-electron chi connectivity index (χ1n) is 5.68. The van der Waals surface area contributed by atoms with Gasteiger partial charge in [-0.1, -0.05) is 18.2 Å². The molecule has 1 aromatic carbocycles. The summed E-state index contributed by atoms with van der Waals surface area (Å²) >= 11 is 0. The molecule has 0 heterocycles. The van der Waals surface area contributed by atoms with Gasteiger partial charge < -0.3 is 5.73 Å². The summed E-state index contributed by atoms with van der Waals surface area (Å²) in [6, 6.07) is 6.72. The van der Waals surface area contributed by atoms with Crippen LogP contribution in [0.3, 0.4) is 0 Å². The first-order valence-corrected chi connectivity index (χ1v) is 9.39. The van der Waals surface area contributed by atoms with Gasteiger partial charge in [0.1, 0.15) is 9.84 Å². The highest BCUT2D eigenvalue weighted by atomic mass is 32.2. The average Bonchev–Trinajstić information content (AvgIpc) is 2.26. The topological polar surface area (TPSA) is 106 Å². The molecule has 0 spiro atoms. The number of para-hydroxylation sites is 1. The Morgan fingerprint density at radius 3 is 2.37 bits per heavy atom. The zero-order chi connectivity index (χ0) is 14.5. The lowest BCUT2D eigenvalue weighted by Crippen LogP contribution is -2.27. The van der Waals surface area contributed by atoms with Crippen molar-refractivity contribution in [2.75, 3.05) is 24.3 Å². The maximum atomic E-state index is 11.8. The van der Waals surface area contributed by atoms with Gasteiger partial charge >= 0.3 is 0 Å². The number of benzene rings is 1. The van der Waals surface area contributed by atoms with Crippen molar-refractivity contribution in [1.82, 2.24) is 4.72 Å². The molecule has 108 valence electrons. The molecule has 0 fully saturated rings. The number of hydrogen-bond acceptors (Lipinski definition) is 5. The number of anilines is 1. The fourth-order valence-electron chi connectivity index (χ4n) is 1.48. The monoisotopic (exact) mass is 306 g/mol. The van der Waals surface area contributed by atoms with Crippen molar-refractivity contribution in [2.45, 2.75) is 12.2 Å². The Bertz CT molecular complexity index is 624. The number of hydrogen-bond donors (Lipinski definition) is 2. The summed E-state index contributed by atoms with van der Waals surface area (Å²) in [4.78, 5) is 0. The van der Waals surface area contributed by atoms with Gasteiger partial charge in [0.15, 0.2) is 0 Å². The van der Waals surface area contributed by atoms with Crippen LogP contribution in [0.25, 0.3) is 0 Å². The van der Waals surface area contributed by atoms with E-state index >= 15 is 0 Å². The largest absolute Gasteiger partial charge is 0.398 e. The second kappa shape index (κ2) is 6.36. The van der Waals surface area contributed by atoms with E-state index in [1.807, 2.05) is 0 Å². The predicted octanol–water partition coefficient (Wildman–Crippen LogP) is 0.123. The van der Waals surface area contributed by atoms with E-state index in [-0.39, 0.29) is 24.5 Å². The number of nitrogen functional groups attached to an aromatic ring is 1. The average molecular weight is 306 g/mol. The molecule has 0 bridgehead atoms. The molecule has 0 saturated heterocycles. The summed E-state index contributed by atoms with van der Waals surface area (Å²) in [7, 11) is -6.56. The molecule has 0 aromatic heterocycles. The maximum Gasteiger partial charge on any atom is 0.215 e. The van der Waals surface area contributed by atoms with Gasteiger partial charge in [0.25, 0.3) is 0 Å². The minimum absolute atomic E-state index is 0.0387. The lowest BCUT2D eigenvalue weighted by Gasteiger charge is -2.08. The molecule has 0 radical (unpaired) electrons. The van der Waals surface area contributed by atoms with Gasteiger partial charge in [-0.2, -0.15) is 0 Å². The van der Waals surface area contributed by atoms with E-state index in [9.17, 15) is 16.8 Å². The van der Waals surface area contributed by atoms with Crippen LogP contribution in [0.15, 0.2) is 24.3 Å². The SMILES string of the molecule is CS(=O)(=O)CCCNS(=O)(=O)Cc1ccccc1N. The summed E-state index contributed by atoms with van der Waals surface area (Å²) in [5.41, 5.74) is 6.61. The summed E-state index contributed by atoms with van der Waals surface area (Å²) in [6.07, 6.45) is 1.37. The number of nitrogens with two attached hydrogens (primary N) is 1. The predicted molar refractivity (Wildman–Crippen MR) is 75.8 cm³/mol. The van der Waals surface area contributed by atoms with E-state index in [1.54, 1.807) is 24.3 Å². The molecule has 6 nitrogen and oxygen atoms in total. The standard InChI is InChI=1S/C11H18N2O4S2/c1-18(14,15)8-4-7-13-19(16,17)9-10-5-2-3-6-11(10)12/h2-3,5-6,13H,4,7-9,12H2,1H3. The fourth-order valence-corrected chi connectivity index (χ4v) is 3.38. The fraction of sp³-hybridized carbons (Fsp3) is 0.455. The van der Waals surface area contributed by atoms with Gasteiger partial charge in [-0.3, -0.25) is 0 Å². The molecule has 1 aromatic rings. The highest BCUT2D eigenvalue weighted by molar-refractivity contribution is 7.90. The highest BCUT2D eigenvalue weighted by Gasteiger charge is 2.13. The minimum atomic E-state index is -3.50. The number of sulfonamides is 1. The summed E-state index contributed by atoms with van der Waals surface area (Å²) < 4.78 is 47.7. The van der Waals surface area contributed by atoms with Crippen molar-refractivity contribution in [2.24, 2.45) is 0 Å². The quantitative estimate of drug-likeness (QED) is 0.550. The van der Waals surface area contributed by atoms with Crippen molar-refractivity contribution in [3.8, 4) is 0 Å². The molecule has 0 aliphatic rings. The summed E-state index contributed by atoms with van der Waals surface area (Å²) in [5.74, 6) is -0.248. The van der Waals surface area contributed by atoms with Crippen LogP contribution in [-0.2, 0) is 25.6 Å². The lowest BCUT2D eigenvalue weighted by atomic mass is 10.2. The second-order valence-electron chi connectivity index (χ2n) is 4.34. The smallest absolute Gasteiger partial charge is 0.215 e. The van der Waals surface area contributed by atoms with E-state index in [0.717, 1.165) is 6.26 Å². The molecule has 0 unspecified atom stereocenters. The summed E-state index contributed by atoms with van der Waals surface area (Å²) in [6.45, 7) is 0.0993. The zero-order valence-electron chi connectivity index (χ0n) is 10.7. The van der Waals surface area contributed by atoms with Crippen LogP contribution in [0.2, 0.25) is 0 Å². The normalized spacial score (nSPS) is 12.5. The van der Waals surface area contributed by atoms with Gasteiger partial charge in [0.05, 0.1) is 11.5 Å². The van der Waals surface area contributed by atoms with Crippen molar-refractivity contribution in [3.63, 3.8) is 0 Å². The van der Waals surface area contributed by atoms with Gasteiger partial charge in [-0.25, -0.2) is 21.6 Å². The molecular formula is C11H18N2O4S2. The van der Waals surface area contributed by atoms with Crippen molar-refractivity contribution in [3.05, 3.63) is 29.8 Å². The third-order valence-corrected chi connectivity index (χ3v) is 4.78. The number of rotatable bonds is 7. The van der Waals surface area contributed by atoms with Gasteiger partial charge in [-0.15, -0.1) is 0 Å². The molecule has 3 N–H and O–H groups in total. The number of nitrogens with one attached hydrogen (secondary N) is 1. The lowest BCUT2D eigenvalue weighted by molar-refractivity contribution is 0.576. The Kier molecular flexibility index (Phi) is 5.33. The zero-order valence-corrected chi connectivity index (χ0v) is 12.3. The van der Waals surface area contributed by atoms with Crippen LogP contribution in [0.1, 0.15) is 12.0 Å². The van der Waals surface area contributed by atoms with E-state index < -0.39 is 19.9 Å². The molecule has 0 saturated carbocycles. The highest BCUT2D eigenvalue weighted by Crippen LogP contribution is 2.13. The van der Waals surface area contributed by atoms with Crippen LogP contribution in [0.4, 0.5) is 5.69 Å². The molecule has 0 aliphatic heterocycles. The first kappa shape index (κ1) is 15.9. The van der Waals surface area contributed by atoms with E-state index in [4.69, 9.17) is 5.73 Å². The molecular weight excluding hydrogens is 288 g/mol. The van der Waals surface area contributed by atoms with Gasteiger partial charge in [0, 0.05) is 18.5 Å². The van der Waals surface area contributed by atoms with Crippen molar-refractivity contribution >= 4 is 25.5 Å².